The fraction of sp³-hybridized carbons (Fsp3) is 0.176. The van der Waals surface area contributed by atoms with E-state index >= 15 is 0 Å². The maximum atomic E-state index is 12.2. The molecule has 2 aromatic carbocycles. The topological polar surface area (TPSA) is 59.9 Å². The summed E-state index contributed by atoms with van der Waals surface area (Å²) < 4.78 is 10.5. The zero-order valence-electron chi connectivity index (χ0n) is 12.6. The Bertz CT molecular complexity index is 781. The second-order valence-corrected chi connectivity index (χ2v) is 5.00. The van der Waals surface area contributed by atoms with Gasteiger partial charge in [0.25, 0.3) is 5.91 Å². The number of carbonyl (C=O) groups excluding carboxylic acids is 1. The summed E-state index contributed by atoms with van der Waals surface area (Å²) in [5.41, 5.74) is 3.58. The van der Waals surface area contributed by atoms with Gasteiger partial charge in [-0.25, -0.2) is 4.99 Å². The Morgan fingerprint density at radius 2 is 1.86 bits per heavy atom. The molecule has 2 aromatic rings. The van der Waals surface area contributed by atoms with Crippen LogP contribution >= 0.6 is 0 Å². The summed E-state index contributed by atoms with van der Waals surface area (Å²) in [7, 11) is 3.15. The van der Waals surface area contributed by atoms with Gasteiger partial charge in [-0.05, 0) is 31.2 Å². The molecule has 0 spiro atoms. The van der Waals surface area contributed by atoms with E-state index in [0.717, 1.165) is 16.8 Å². The number of benzene rings is 2. The number of anilines is 1. The molecule has 1 heterocycles. The predicted octanol–water partition coefficient (Wildman–Crippen LogP) is 3.09. The Kier molecular flexibility index (Phi) is 3.55. The molecule has 0 aliphatic carbocycles. The highest BCUT2D eigenvalue weighted by Crippen LogP contribution is 2.34. The fourth-order valence-electron chi connectivity index (χ4n) is 2.38. The number of hydrogen-bond acceptors (Lipinski definition) is 4. The van der Waals surface area contributed by atoms with Gasteiger partial charge in [0, 0.05) is 11.6 Å². The summed E-state index contributed by atoms with van der Waals surface area (Å²) in [5, 5.41) is 2.82. The van der Waals surface area contributed by atoms with Crippen molar-refractivity contribution in [3.05, 3.63) is 47.5 Å². The van der Waals surface area contributed by atoms with Gasteiger partial charge in [0.1, 0.15) is 22.9 Å². The zero-order valence-corrected chi connectivity index (χ0v) is 12.6. The average Bonchev–Trinajstić information content (AvgIpc) is 2.83. The molecule has 1 aliphatic heterocycles. The predicted molar refractivity (Wildman–Crippen MR) is 85.6 cm³/mol. The maximum absolute atomic E-state index is 12.2. The molecule has 22 heavy (non-hydrogen) atoms. The van der Waals surface area contributed by atoms with Gasteiger partial charge in [-0.2, -0.15) is 0 Å². The van der Waals surface area contributed by atoms with E-state index < -0.39 is 0 Å². The lowest BCUT2D eigenvalue weighted by atomic mass is 10.1. The van der Waals surface area contributed by atoms with Crippen LogP contribution in [-0.4, -0.2) is 25.8 Å². The van der Waals surface area contributed by atoms with Crippen LogP contribution in [0.5, 0.6) is 11.5 Å². The van der Waals surface area contributed by atoms with Gasteiger partial charge >= 0.3 is 0 Å². The standard InChI is InChI=1S/C17H16N2O3/c1-10-4-6-13-12(8-10)16(17(20)19-13)18-14-9-11(21-2)5-7-15(14)22-3/h4-9H,1-3H3,(H,18,19,20). The quantitative estimate of drug-likeness (QED) is 0.947. The Hall–Kier alpha value is -2.82. The van der Waals surface area contributed by atoms with Gasteiger partial charge in [0.2, 0.25) is 0 Å². The minimum absolute atomic E-state index is 0.217. The molecule has 1 amide bonds. The van der Waals surface area contributed by atoms with Crippen LogP contribution in [0, 0.1) is 6.92 Å². The minimum atomic E-state index is -0.217. The molecular weight excluding hydrogens is 280 g/mol. The zero-order chi connectivity index (χ0) is 15.7. The number of methoxy groups -OCH3 is 2. The molecule has 0 radical (unpaired) electrons. The largest absolute Gasteiger partial charge is 0.497 e. The number of fused-ring (bicyclic) bond motifs is 1. The van der Waals surface area contributed by atoms with Crippen LogP contribution in [0.15, 0.2) is 41.4 Å². The van der Waals surface area contributed by atoms with E-state index in [0.29, 0.717) is 22.9 Å². The molecule has 0 bridgehead atoms. The number of hydrogen-bond donors (Lipinski definition) is 1. The lowest BCUT2D eigenvalue weighted by Gasteiger charge is -2.07. The fourth-order valence-corrected chi connectivity index (χ4v) is 2.38. The van der Waals surface area contributed by atoms with Gasteiger partial charge in [-0.1, -0.05) is 11.6 Å². The van der Waals surface area contributed by atoms with E-state index in [1.807, 2.05) is 25.1 Å². The highest BCUT2D eigenvalue weighted by Gasteiger charge is 2.26. The number of ether oxygens (including phenoxy) is 2. The first-order valence-corrected chi connectivity index (χ1v) is 6.85. The molecule has 1 N–H and O–H groups in total. The Balaban J connectivity index is 2.13. The molecular formula is C17H16N2O3. The summed E-state index contributed by atoms with van der Waals surface area (Å²) in [6, 6.07) is 11.1. The van der Waals surface area contributed by atoms with E-state index in [1.165, 1.54) is 0 Å². The number of aliphatic imine (C=N–C) groups is 1. The average molecular weight is 296 g/mol. The van der Waals surface area contributed by atoms with Crippen molar-refractivity contribution in [2.45, 2.75) is 6.92 Å². The van der Waals surface area contributed by atoms with Gasteiger partial charge in [0.05, 0.1) is 19.9 Å². The van der Waals surface area contributed by atoms with Crippen LogP contribution in [0.25, 0.3) is 0 Å². The van der Waals surface area contributed by atoms with E-state index in [-0.39, 0.29) is 5.91 Å². The van der Waals surface area contributed by atoms with Crippen LogP contribution in [0.4, 0.5) is 11.4 Å². The van der Waals surface area contributed by atoms with Crippen molar-refractivity contribution < 1.29 is 14.3 Å². The second kappa shape index (κ2) is 5.52. The van der Waals surface area contributed by atoms with Crippen LogP contribution in [0.1, 0.15) is 11.1 Å². The number of amides is 1. The van der Waals surface area contributed by atoms with E-state index in [1.54, 1.807) is 32.4 Å². The summed E-state index contributed by atoms with van der Waals surface area (Å²) in [5.74, 6) is 1.02. The second-order valence-electron chi connectivity index (χ2n) is 5.00. The molecule has 3 rings (SSSR count). The van der Waals surface area contributed by atoms with Crippen LogP contribution < -0.4 is 14.8 Å². The number of nitrogens with one attached hydrogen (secondary N) is 1. The lowest BCUT2D eigenvalue weighted by Crippen LogP contribution is -2.14. The van der Waals surface area contributed by atoms with E-state index in [4.69, 9.17) is 9.47 Å². The van der Waals surface area contributed by atoms with Crippen molar-refractivity contribution in [1.82, 2.24) is 0 Å². The normalized spacial score (nSPS) is 14.7. The van der Waals surface area contributed by atoms with Crippen molar-refractivity contribution in [2.75, 3.05) is 19.5 Å². The highest BCUT2D eigenvalue weighted by molar-refractivity contribution is 6.54. The summed E-state index contributed by atoms with van der Waals surface area (Å²) in [6.45, 7) is 1.98. The summed E-state index contributed by atoms with van der Waals surface area (Å²) in [4.78, 5) is 16.7. The van der Waals surface area contributed by atoms with Gasteiger partial charge in [-0.15, -0.1) is 0 Å². The molecule has 0 atom stereocenters. The number of aryl methyl sites for hydroxylation is 1. The third-order valence-corrected chi connectivity index (χ3v) is 3.51. The van der Waals surface area contributed by atoms with Crippen molar-refractivity contribution >= 4 is 23.0 Å². The minimum Gasteiger partial charge on any atom is -0.497 e. The monoisotopic (exact) mass is 296 g/mol. The Morgan fingerprint density at radius 1 is 1.05 bits per heavy atom. The smallest absolute Gasteiger partial charge is 0.275 e. The first kappa shape index (κ1) is 14.1. The first-order chi connectivity index (χ1) is 10.6. The molecule has 0 fully saturated rings. The van der Waals surface area contributed by atoms with Gasteiger partial charge in [-0.3, -0.25) is 4.79 Å². The molecule has 1 aliphatic rings. The third-order valence-electron chi connectivity index (χ3n) is 3.51. The molecule has 112 valence electrons. The molecule has 0 saturated heterocycles. The first-order valence-electron chi connectivity index (χ1n) is 6.85. The maximum Gasteiger partial charge on any atom is 0.275 e. The number of rotatable bonds is 3. The number of nitrogens with zero attached hydrogens (tertiary/aromatic N) is 1. The summed E-state index contributed by atoms with van der Waals surface area (Å²) in [6.07, 6.45) is 0. The van der Waals surface area contributed by atoms with Crippen molar-refractivity contribution in [2.24, 2.45) is 4.99 Å². The highest BCUT2D eigenvalue weighted by atomic mass is 16.5. The van der Waals surface area contributed by atoms with Crippen molar-refractivity contribution in [1.29, 1.82) is 0 Å². The lowest BCUT2D eigenvalue weighted by molar-refractivity contribution is -0.110. The van der Waals surface area contributed by atoms with E-state index in [9.17, 15) is 4.79 Å². The van der Waals surface area contributed by atoms with Crippen LogP contribution in [0.3, 0.4) is 0 Å². The molecule has 5 nitrogen and oxygen atoms in total. The third kappa shape index (κ3) is 2.41. The Morgan fingerprint density at radius 3 is 2.59 bits per heavy atom. The molecule has 0 aromatic heterocycles. The van der Waals surface area contributed by atoms with Gasteiger partial charge < -0.3 is 14.8 Å². The van der Waals surface area contributed by atoms with Crippen molar-refractivity contribution in [3.8, 4) is 11.5 Å². The molecule has 0 unspecified atom stereocenters. The van der Waals surface area contributed by atoms with Crippen LogP contribution in [0.2, 0.25) is 0 Å². The van der Waals surface area contributed by atoms with Gasteiger partial charge in [0.15, 0.2) is 0 Å². The van der Waals surface area contributed by atoms with Crippen LogP contribution in [-0.2, 0) is 4.79 Å². The number of carbonyl (C=O) groups is 1. The SMILES string of the molecule is COc1ccc(OC)c(N=C2C(=O)Nc3ccc(C)cc32)c1. The Labute approximate surface area is 128 Å². The molecule has 0 saturated carbocycles. The van der Waals surface area contributed by atoms with Crippen molar-refractivity contribution in [3.63, 3.8) is 0 Å². The van der Waals surface area contributed by atoms with E-state index in [2.05, 4.69) is 10.3 Å². The summed E-state index contributed by atoms with van der Waals surface area (Å²) >= 11 is 0. The molecule has 5 heteroatoms.